The van der Waals surface area contributed by atoms with Crippen LogP contribution in [0.4, 0.5) is 0 Å². The van der Waals surface area contributed by atoms with Crippen LogP contribution in [0.1, 0.15) is 5.56 Å². The summed E-state index contributed by atoms with van der Waals surface area (Å²) in [6.45, 7) is 0. The van der Waals surface area contributed by atoms with Crippen molar-refractivity contribution in [3.05, 3.63) is 218 Å². The first-order valence-electron chi connectivity index (χ1n) is 20.3. The molecule has 0 atom stereocenters. The predicted molar refractivity (Wildman–Crippen MR) is 247 cm³/mol. The highest BCUT2D eigenvalue weighted by atomic mass is 15.0. The molecule has 0 aliphatic heterocycles. The van der Waals surface area contributed by atoms with Crippen molar-refractivity contribution in [2.75, 3.05) is 0 Å². The van der Waals surface area contributed by atoms with Crippen molar-refractivity contribution in [1.29, 1.82) is 5.26 Å². The molecule has 7 nitrogen and oxygen atoms in total. The Kier molecular flexibility index (Phi) is 10.2. The molecule has 8 aromatic carbocycles. The molecule has 0 saturated heterocycles. The Hall–Kier alpha value is -8.73. The fourth-order valence-corrected chi connectivity index (χ4v) is 7.63. The third-order valence-corrected chi connectivity index (χ3v) is 10.7. The topological polar surface area (TPSA) is 101 Å². The van der Waals surface area contributed by atoms with Gasteiger partial charge in [-0.05, 0) is 39.9 Å². The molecule has 2 aromatic heterocycles. The fraction of sp³-hybridized carbons (Fsp3) is 0. The van der Waals surface area contributed by atoms with Crippen molar-refractivity contribution < 1.29 is 0 Å². The summed E-state index contributed by atoms with van der Waals surface area (Å²) in [5, 5.41) is 10.3. The van der Waals surface area contributed by atoms with Gasteiger partial charge in [0.05, 0.1) is 11.6 Å². The van der Waals surface area contributed by atoms with Crippen molar-refractivity contribution in [2.45, 2.75) is 0 Å². The maximum absolute atomic E-state index is 10.3. The van der Waals surface area contributed by atoms with Gasteiger partial charge in [0.1, 0.15) is 0 Å². The molecule has 10 rings (SSSR count). The van der Waals surface area contributed by atoms with E-state index in [1.807, 2.05) is 158 Å². The molecule has 10 aromatic rings. The second-order valence-corrected chi connectivity index (χ2v) is 14.6. The quantitative estimate of drug-likeness (QED) is 0.143. The molecule has 0 aliphatic rings. The van der Waals surface area contributed by atoms with Gasteiger partial charge in [-0.15, -0.1) is 0 Å². The Balaban J connectivity index is 1.11. The van der Waals surface area contributed by atoms with Crippen molar-refractivity contribution in [3.63, 3.8) is 0 Å². The summed E-state index contributed by atoms with van der Waals surface area (Å²) in [6.07, 6.45) is 0. The van der Waals surface area contributed by atoms with E-state index in [9.17, 15) is 5.26 Å². The van der Waals surface area contributed by atoms with Crippen molar-refractivity contribution in [3.8, 4) is 108 Å². The fourth-order valence-electron chi connectivity index (χ4n) is 7.63. The molecule has 0 amide bonds. The molecule has 0 aliphatic carbocycles. The minimum Gasteiger partial charge on any atom is -0.208 e. The van der Waals surface area contributed by atoms with E-state index in [1.54, 1.807) is 0 Å². The zero-order valence-electron chi connectivity index (χ0n) is 33.3. The van der Waals surface area contributed by atoms with Crippen molar-refractivity contribution >= 4 is 0 Å². The second kappa shape index (κ2) is 16.9. The van der Waals surface area contributed by atoms with E-state index in [-0.39, 0.29) is 0 Å². The third-order valence-electron chi connectivity index (χ3n) is 10.7. The average Bonchev–Trinajstić information content (AvgIpc) is 3.37. The van der Waals surface area contributed by atoms with Gasteiger partial charge in [-0.1, -0.05) is 200 Å². The minimum atomic E-state index is 0.558. The summed E-state index contributed by atoms with van der Waals surface area (Å²) in [5.41, 5.74) is 11.6. The minimum absolute atomic E-state index is 0.558. The Bertz CT molecular complexity index is 3110. The van der Waals surface area contributed by atoms with Crippen LogP contribution in [0.5, 0.6) is 0 Å². The van der Waals surface area contributed by atoms with E-state index in [2.05, 4.69) is 60.7 Å². The number of nitriles is 1. The normalized spacial score (nSPS) is 10.9. The van der Waals surface area contributed by atoms with E-state index < -0.39 is 0 Å². The van der Waals surface area contributed by atoms with Crippen LogP contribution in [-0.4, -0.2) is 29.9 Å². The molecule has 290 valence electrons. The molecule has 0 bridgehead atoms. The molecule has 7 heteroatoms. The molecule has 0 saturated carbocycles. The molecule has 0 spiro atoms. The maximum Gasteiger partial charge on any atom is 0.164 e. The summed E-state index contributed by atoms with van der Waals surface area (Å²) < 4.78 is 0. The van der Waals surface area contributed by atoms with Gasteiger partial charge < -0.3 is 0 Å². The van der Waals surface area contributed by atoms with Crippen molar-refractivity contribution in [2.24, 2.45) is 0 Å². The van der Waals surface area contributed by atoms with Gasteiger partial charge in [0, 0.05) is 38.9 Å². The van der Waals surface area contributed by atoms with E-state index in [0.29, 0.717) is 40.5 Å². The van der Waals surface area contributed by atoms with Crippen LogP contribution in [0, 0.1) is 11.3 Å². The number of nitrogens with zero attached hydrogens (tertiary/aromatic N) is 7. The first-order valence-corrected chi connectivity index (χ1v) is 20.3. The maximum atomic E-state index is 10.3. The first-order chi connectivity index (χ1) is 30.7. The van der Waals surface area contributed by atoms with Crippen LogP contribution in [0.2, 0.25) is 0 Å². The molecule has 0 unspecified atom stereocenters. The lowest BCUT2D eigenvalue weighted by molar-refractivity contribution is 1.07. The SMILES string of the molecule is N#Cc1ccccc1-c1cccc(-c2ccc(-c3nc(-c4ccccc4)nc(-c4ccccc4)n3)cc2)c1-c1cccc(-c2nc(-c3ccccc3)nc(-c3ccccc3)n2)c1. The highest BCUT2D eigenvalue weighted by Gasteiger charge is 2.19. The van der Waals surface area contributed by atoms with Gasteiger partial charge in [-0.25, -0.2) is 29.9 Å². The molecular weight excluding hydrogens is 759 g/mol. The Morgan fingerprint density at radius 1 is 0.258 bits per heavy atom. The van der Waals surface area contributed by atoms with E-state index in [1.165, 1.54) is 0 Å². The van der Waals surface area contributed by atoms with Crippen molar-refractivity contribution in [1.82, 2.24) is 29.9 Å². The van der Waals surface area contributed by atoms with Crippen LogP contribution in [0.3, 0.4) is 0 Å². The Labute approximate surface area is 359 Å². The van der Waals surface area contributed by atoms with E-state index in [4.69, 9.17) is 29.9 Å². The lowest BCUT2D eigenvalue weighted by Gasteiger charge is -2.18. The standard InChI is InChI=1S/C55H35N7/c56-36-45-25-13-14-28-46(45)48-30-16-29-47(37-31-33-42(34-32-37)54-59-50(38-17-5-1-6-18-38)57-51(60-54)39-19-7-2-8-20-39)49(48)43-26-15-27-44(35-43)55-61-52(40-21-9-3-10-22-40)58-53(62-55)41-23-11-4-12-24-41/h1-35H. The van der Waals surface area contributed by atoms with Gasteiger partial charge in [-0.3, -0.25) is 0 Å². The van der Waals surface area contributed by atoms with E-state index in [0.717, 1.165) is 66.8 Å². The first kappa shape index (κ1) is 37.5. The number of benzene rings is 8. The summed E-state index contributed by atoms with van der Waals surface area (Å²) in [5.74, 6) is 3.53. The van der Waals surface area contributed by atoms with Gasteiger partial charge in [0.15, 0.2) is 34.9 Å². The molecule has 0 radical (unpaired) electrons. The molecule has 0 N–H and O–H groups in total. The Morgan fingerprint density at radius 3 is 1.05 bits per heavy atom. The van der Waals surface area contributed by atoms with Crippen LogP contribution < -0.4 is 0 Å². The molecule has 62 heavy (non-hydrogen) atoms. The number of rotatable bonds is 9. The monoisotopic (exact) mass is 793 g/mol. The zero-order valence-corrected chi connectivity index (χ0v) is 33.3. The van der Waals surface area contributed by atoms with Crippen LogP contribution in [-0.2, 0) is 0 Å². The largest absolute Gasteiger partial charge is 0.208 e. The summed E-state index contributed by atoms with van der Waals surface area (Å²) >= 11 is 0. The summed E-state index contributed by atoms with van der Waals surface area (Å²) in [6, 6.07) is 73.0. The summed E-state index contributed by atoms with van der Waals surface area (Å²) in [4.78, 5) is 29.8. The van der Waals surface area contributed by atoms with Gasteiger partial charge in [-0.2, -0.15) is 5.26 Å². The van der Waals surface area contributed by atoms with Crippen LogP contribution >= 0.6 is 0 Å². The molecule has 2 heterocycles. The number of aromatic nitrogens is 6. The highest BCUT2D eigenvalue weighted by Crippen LogP contribution is 2.42. The average molecular weight is 794 g/mol. The number of hydrogen-bond acceptors (Lipinski definition) is 7. The predicted octanol–water partition coefficient (Wildman–Crippen LogP) is 12.9. The Morgan fingerprint density at radius 2 is 0.581 bits per heavy atom. The second-order valence-electron chi connectivity index (χ2n) is 14.6. The smallest absolute Gasteiger partial charge is 0.164 e. The highest BCUT2D eigenvalue weighted by molar-refractivity contribution is 5.96. The van der Waals surface area contributed by atoms with Gasteiger partial charge in [0.2, 0.25) is 0 Å². The third kappa shape index (κ3) is 7.63. The van der Waals surface area contributed by atoms with E-state index >= 15 is 0 Å². The van der Waals surface area contributed by atoms with Gasteiger partial charge >= 0.3 is 0 Å². The molecule has 0 fully saturated rings. The lowest BCUT2D eigenvalue weighted by atomic mass is 9.85. The van der Waals surface area contributed by atoms with Gasteiger partial charge in [0.25, 0.3) is 0 Å². The van der Waals surface area contributed by atoms with Crippen LogP contribution in [0.15, 0.2) is 212 Å². The van der Waals surface area contributed by atoms with Crippen LogP contribution in [0.25, 0.3) is 102 Å². The molecular formula is C55H35N7. The lowest BCUT2D eigenvalue weighted by Crippen LogP contribution is -2.00. The summed E-state index contributed by atoms with van der Waals surface area (Å²) in [7, 11) is 0. The zero-order chi connectivity index (χ0) is 41.7. The number of hydrogen-bond donors (Lipinski definition) is 0.